The van der Waals surface area contributed by atoms with Crippen molar-refractivity contribution in [1.82, 2.24) is 10.6 Å². The van der Waals surface area contributed by atoms with Crippen molar-refractivity contribution >= 4 is 70.9 Å². The van der Waals surface area contributed by atoms with Crippen molar-refractivity contribution in [3.05, 3.63) is 107 Å². The molecular weight excluding hydrogens is 929 g/mol. The number of nitrogens with one attached hydrogen (secondary N) is 6. The minimum atomic E-state index is -1.79. The van der Waals surface area contributed by atoms with E-state index in [4.69, 9.17) is 60.9 Å². The van der Waals surface area contributed by atoms with Crippen LogP contribution >= 0.6 is 0 Å². The summed E-state index contributed by atoms with van der Waals surface area (Å²) in [6.07, 6.45) is -1.85. The number of ether oxygens (including phenoxy) is 6. The number of esters is 2. The Morgan fingerprint density at radius 2 is 0.800 bits per heavy atom. The number of carbonyl (C=O) groups excluding carboxylic acids is 4. The second kappa shape index (κ2) is 26.1. The lowest BCUT2D eigenvalue weighted by molar-refractivity contribution is -0.145. The fourth-order valence-corrected chi connectivity index (χ4v) is 5.70. The molecule has 0 aliphatic heterocycles. The zero-order chi connectivity index (χ0) is 51.3. The van der Waals surface area contributed by atoms with Crippen molar-refractivity contribution in [3.63, 3.8) is 0 Å². The number of carbonyl (C=O) groups is 8. The largest absolute Gasteiger partial charge is 0.491 e. The highest BCUT2D eigenvalue weighted by Gasteiger charge is 2.26. The SMILES string of the molecule is N=C(N)Nc1ccc(C(=O)Oc2cc(OCCOCCOCCOc3cc(OC(=O)c4ccc(NC(=N)N)cc4)cc(C(=O)NC(CC(=O)O)C(=O)O)c3)cc(C(=O)NC(CC(=O)O)C(=O)O)c2)cc1. The monoisotopic (exact) mass is 974 g/mol. The van der Waals surface area contributed by atoms with Crippen LogP contribution in [0.4, 0.5) is 11.4 Å². The highest BCUT2D eigenvalue weighted by molar-refractivity contribution is 6.00. The number of anilines is 2. The first-order valence-corrected chi connectivity index (χ1v) is 20.3. The quantitative estimate of drug-likeness (QED) is 0.0133. The molecule has 0 aromatic heterocycles. The highest BCUT2D eigenvalue weighted by Crippen LogP contribution is 2.26. The smallest absolute Gasteiger partial charge is 0.343 e. The van der Waals surface area contributed by atoms with Crippen molar-refractivity contribution in [2.75, 3.05) is 50.3 Å². The van der Waals surface area contributed by atoms with E-state index >= 15 is 0 Å². The van der Waals surface area contributed by atoms with E-state index in [-0.39, 0.29) is 96.8 Å². The van der Waals surface area contributed by atoms with Gasteiger partial charge in [-0.2, -0.15) is 0 Å². The standard InChI is InChI=1S/C44H46N8O18/c45-43(46)49-27-5-1-23(2-6-27)41(63)69-31-17-25(37(57)51-33(39(59)60)21-35(53)54)15-29(19-31)67-13-11-65-9-10-66-12-14-68-30-16-26(38(58)52-34(40(61)62)22-36(55)56)18-32(20-30)70-42(64)24-3-7-28(8-4-24)50-44(47)48/h1-8,15-20,33-34H,9-14,21-22H2,(H,51,57)(H,52,58)(H,53,54)(H,55,56)(H,59,60)(H,61,62)(H4,45,46,49)(H4,47,48,50). The Morgan fingerprint density at radius 1 is 0.471 bits per heavy atom. The molecule has 0 radical (unpaired) electrons. The number of hydrogen-bond donors (Lipinski definition) is 12. The van der Waals surface area contributed by atoms with Gasteiger partial charge in [0.15, 0.2) is 11.9 Å². The number of amides is 2. The van der Waals surface area contributed by atoms with Gasteiger partial charge in [0, 0.05) is 34.6 Å². The van der Waals surface area contributed by atoms with Gasteiger partial charge in [0.2, 0.25) is 0 Å². The van der Waals surface area contributed by atoms with Gasteiger partial charge in [0.05, 0.1) is 50.4 Å². The molecule has 0 heterocycles. The summed E-state index contributed by atoms with van der Waals surface area (Å²) >= 11 is 0. The van der Waals surface area contributed by atoms with E-state index in [1.165, 1.54) is 72.8 Å². The Hall–Kier alpha value is -9.30. The predicted octanol–water partition coefficient (Wildman–Crippen LogP) is 1.54. The number of rotatable bonds is 27. The molecule has 0 bridgehead atoms. The summed E-state index contributed by atoms with van der Waals surface area (Å²) in [6.45, 7) is -0.221. The van der Waals surface area contributed by atoms with Gasteiger partial charge in [-0.3, -0.25) is 30.0 Å². The van der Waals surface area contributed by atoms with Crippen molar-refractivity contribution in [2.45, 2.75) is 24.9 Å². The molecule has 370 valence electrons. The van der Waals surface area contributed by atoms with Crippen LogP contribution in [-0.4, -0.2) is 132 Å². The lowest BCUT2D eigenvalue weighted by atomic mass is 10.1. The molecule has 0 aliphatic carbocycles. The molecule has 0 fully saturated rings. The van der Waals surface area contributed by atoms with E-state index in [9.17, 15) is 48.6 Å². The molecule has 26 heteroatoms. The van der Waals surface area contributed by atoms with Crippen molar-refractivity contribution in [1.29, 1.82) is 10.8 Å². The van der Waals surface area contributed by atoms with E-state index in [0.29, 0.717) is 11.4 Å². The second-order valence-electron chi connectivity index (χ2n) is 14.2. The minimum Gasteiger partial charge on any atom is -0.491 e. The minimum absolute atomic E-state index is 0.0163. The van der Waals surface area contributed by atoms with Gasteiger partial charge in [-0.1, -0.05) is 0 Å². The second-order valence-corrected chi connectivity index (χ2v) is 14.2. The number of hydrogen-bond acceptors (Lipinski definition) is 16. The van der Waals surface area contributed by atoms with Crippen LogP contribution in [0, 0.1) is 10.8 Å². The fraction of sp³-hybridized carbons (Fsp3) is 0.227. The van der Waals surface area contributed by atoms with Gasteiger partial charge in [-0.05, 0) is 72.8 Å². The van der Waals surface area contributed by atoms with Crippen LogP contribution in [0.15, 0.2) is 84.9 Å². The van der Waals surface area contributed by atoms with Crippen molar-refractivity contribution in [3.8, 4) is 23.0 Å². The molecule has 0 spiro atoms. The summed E-state index contributed by atoms with van der Waals surface area (Å²) in [7, 11) is 0. The van der Waals surface area contributed by atoms with Crippen LogP contribution in [0.1, 0.15) is 54.3 Å². The molecule has 70 heavy (non-hydrogen) atoms. The Bertz CT molecular complexity index is 2410. The van der Waals surface area contributed by atoms with Gasteiger partial charge >= 0.3 is 35.8 Å². The number of carboxylic acid groups (broad SMARTS) is 4. The summed E-state index contributed by atoms with van der Waals surface area (Å²) in [5.41, 5.74) is 11.1. The van der Waals surface area contributed by atoms with E-state index in [1.54, 1.807) is 0 Å². The predicted molar refractivity (Wildman–Crippen MR) is 242 cm³/mol. The van der Waals surface area contributed by atoms with E-state index in [0.717, 1.165) is 12.1 Å². The maximum atomic E-state index is 13.1. The normalized spacial score (nSPS) is 11.4. The molecule has 2 unspecified atom stereocenters. The van der Waals surface area contributed by atoms with Crippen LogP contribution in [0.25, 0.3) is 0 Å². The molecule has 14 N–H and O–H groups in total. The summed E-state index contributed by atoms with van der Waals surface area (Å²) in [5, 5.41) is 61.0. The third-order valence-corrected chi connectivity index (χ3v) is 8.83. The lowest BCUT2D eigenvalue weighted by Gasteiger charge is -2.15. The lowest BCUT2D eigenvalue weighted by Crippen LogP contribution is -2.42. The van der Waals surface area contributed by atoms with Gasteiger partial charge in [-0.15, -0.1) is 0 Å². The van der Waals surface area contributed by atoms with Crippen LogP contribution in [0.2, 0.25) is 0 Å². The maximum absolute atomic E-state index is 13.1. The zero-order valence-corrected chi connectivity index (χ0v) is 36.6. The highest BCUT2D eigenvalue weighted by atomic mass is 16.6. The first-order valence-electron chi connectivity index (χ1n) is 20.3. The third-order valence-electron chi connectivity index (χ3n) is 8.83. The van der Waals surface area contributed by atoms with Gasteiger partial charge < -0.3 is 81.6 Å². The van der Waals surface area contributed by atoms with Crippen LogP contribution < -0.4 is 51.7 Å². The molecule has 0 saturated carbocycles. The topological polar surface area (TPSA) is 421 Å². The van der Waals surface area contributed by atoms with Crippen molar-refractivity contribution < 1.29 is 87.2 Å². The number of nitrogens with two attached hydrogens (primary N) is 2. The molecule has 2 atom stereocenters. The molecule has 2 amide bonds. The molecule has 0 aliphatic rings. The van der Waals surface area contributed by atoms with Crippen molar-refractivity contribution in [2.24, 2.45) is 11.5 Å². The number of guanidine groups is 2. The Balaban J connectivity index is 1.33. The molecule has 26 nitrogen and oxygen atoms in total. The molecule has 4 aromatic rings. The van der Waals surface area contributed by atoms with Crippen LogP contribution in [0.5, 0.6) is 23.0 Å². The van der Waals surface area contributed by atoms with Crippen LogP contribution in [0.3, 0.4) is 0 Å². The average molecular weight is 975 g/mol. The number of aliphatic carboxylic acids is 4. The number of carboxylic acids is 4. The third kappa shape index (κ3) is 18.2. The molecule has 4 rings (SSSR count). The molecule has 4 aromatic carbocycles. The summed E-state index contributed by atoms with van der Waals surface area (Å²) < 4.78 is 33.4. The first-order chi connectivity index (χ1) is 33.3. The summed E-state index contributed by atoms with van der Waals surface area (Å²) in [5.74, 6) is -11.0. The number of benzene rings is 4. The fourth-order valence-electron chi connectivity index (χ4n) is 5.70. The Kier molecular flexibility index (Phi) is 19.9. The van der Waals surface area contributed by atoms with Crippen LogP contribution in [-0.2, 0) is 28.7 Å². The van der Waals surface area contributed by atoms with Gasteiger partial charge in [-0.25, -0.2) is 19.2 Å². The van der Waals surface area contributed by atoms with E-state index in [1.807, 2.05) is 0 Å². The maximum Gasteiger partial charge on any atom is 0.343 e. The zero-order valence-electron chi connectivity index (χ0n) is 36.6. The Morgan fingerprint density at radius 3 is 1.11 bits per heavy atom. The van der Waals surface area contributed by atoms with Gasteiger partial charge in [0.1, 0.15) is 48.3 Å². The van der Waals surface area contributed by atoms with E-state index < -0.39 is 72.6 Å². The molecule has 0 saturated heterocycles. The first kappa shape index (κ1) is 53.3. The molecular formula is C44H46N8O18. The average Bonchev–Trinajstić information content (AvgIpc) is 3.28. The van der Waals surface area contributed by atoms with Gasteiger partial charge in [0.25, 0.3) is 11.8 Å². The Labute approximate surface area is 395 Å². The van der Waals surface area contributed by atoms with E-state index in [2.05, 4.69) is 21.3 Å². The summed E-state index contributed by atoms with van der Waals surface area (Å²) in [4.78, 5) is 97.6. The summed E-state index contributed by atoms with van der Waals surface area (Å²) in [6, 6.07) is 15.0.